The molecule has 0 aromatic heterocycles. The Balaban J connectivity index is 2.73. The Hall–Kier alpha value is -1.70. The van der Waals surface area contributed by atoms with Crippen LogP contribution in [0.1, 0.15) is 25.5 Å². The third-order valence-corrected chi connectivity index (χ3v) is 3.22. The molecular formula is C15H19ClN2O2. The van der Waals surface area contributed by atoms with E-state index < -0.39 is 6.10 Å². The fourth-order valence-corrected chi connectivity index (χ4v) is 1.81. The predicted molar refractivity (Wildman–Crippen MR) is 80.9 cm³/mol. The van der Waals surface area contributed by atoms with Crippen LogP contribution in [0.25, 0.3) is 0 Å². The van der Waals surface area contributed by atoms with Crippen LogP contribution in [-0.4, -0.2) is 25.6 Å². The van der Waals surface area contributed by atoms with Gasteiger partial charge in [-0.15, -0.1) is 6.42 Å². The van der Waals surface area contributed by atoms with Crippen molar-refractivity contribution in [2.75, 3.05) is 13.6 Å². The molecule has 1 amide bonds. The number of amides is 1. The summed E-state index contributed by atoms with van der Waals surface area (Å²) < 4.78 is 5.54. The van der Waals surface area contributed by atoms with Gasteiger partial charge in [-0.05, 0) is 38.6 Å². The summed E-state index contributed by atoms with van der Waals surface area (Å²) in [5.74, 6) is 2.54. The van der Waals surface area contributed by atoms with E-state index in [4.69, 9.17) is 22.8 Å². The van der Waals surface area contributed by atoms with E-state index in [-0.39, 0.29) is 18.5 Å². The summed E-state index contributed by atoms with van der Waals surface area (Å²) in [6.45, 7) is 3.85. The normalized spacial score (nSPS) is 13.2. The fraction of sp³-hybridized carbons (Fsp3) is 0.400. The van der Waals surface area contributed by atoms with Crippen LogP contribution in [0.5, 0.6) is 5.75 Å². The van der Waals surface area contributed by atoms with Crippen molar-refractivity contribution in [1.82, 2.24) is 10.6 Å². The molecule has 1 aromatic carbocycles. The summed E-state index contributed by atoms with van der Waals surface area (Å²) in [6.07, 6.45) is 4.42. The molecule has 0 aliphatic carbocycles. The average Bonchev–Trinajstić information content (AvgIpc) is 2.45. The molecule has 5 heteroatoms. The van der Waals surface area contributed by atoms with Gasteiger partial charge in [0.25, 0.3) is 5.91 Å². The molecule has 2 N–H and O–H groups in total. The van der Waals surface area contributed by atoms with Crippen molar-refractivity contribution in [2.45, 2.75) is 26.0 Å². The second kappa shape index (κ2) is 7.78. The number of rotatable bonds is 6. The SMILES string of the molecule is C#CCNC(=O)C(C)Oc1ccc(C(C)NC)cc1Cl. The zero-order chi connectivity index (χ0) is 15.1. The van der Waals surface area contributed by atoms with Crippen molar-refractivity contribution in [3.63, 3.8) is 0 Å². The van der Waals surface area contributed by atoms with Gasteiger partial charge < -0.3 is 15.4 Å². The van der Waals surface area contributed by atoms with Crippen LogP contribution in [0.4, 0.5) is 0 Å². The van der Waals surface area contributed by atoms with Gasteiger partial charge in [0.05, 0.1) is 11.6 Å². The maximum Gasteiger partial charge on any atom is 0.261 e. The van der Waals surface area contributed by atoms with E-state index in [2.05, 4.69) is 16.6 Å². The second-order valence-corrected chi connectivity index (χ2v) is 4.79. The molecule has 0 radical (unpaired) electrons. The second-order valence-electron chi connectivity index (χ2n) is 4.38. The van der Waals surface area contributed by atoms with Crippen LogP contribution in [0, 0.1) is 12.3 Å². The van der Waals surface area contributed by atoms with Gasteiger partial charge in [0.15, 0.2) is 6.10 Å². The summed E-state index contributed by atoms with van der Waals surface area (Å²) in [4.78, 5) is 11.7. The lowest BCUT2D eigenvalue weighted by Crippen LogP contribution is -2.36. The number of halogens is 1. The largest absolute Gasteiger partial charge is 0.479 e. The van der Waals surface area contributed by atoms with Gasteiger partial charge in [-0.2, -0.15) is 0 Å². The van der Waals surface area contributed by atoms with Crippen molar-refractivity contribution in [3.05, 3.63) is 28.8 Å². The van der Waals surface area contributed by atoms with Gasteiger partial charge in [0.2, 0.25) is 0 Å². The molecule has 1 rings (SSSR count). The quantitative estimate of drug-likeness (QED) is 0.790. The summed E-state index contributed by atoms with van der Waals surface area (Å²) in [5.41, 5.74) is 1.05. The van der Waals surface area contributed by atoms with Crippen molar-refractivity contribution in [3.8, 4) is 18.1 Å². The Bertz CT molecular complexity index is 511. The lowest BCUT2D eigenvalue weighted by molar-refractivity contribution is -0.126. The number of benzene rings is 1. The predicted octanol–water partition coefficient (Wildman–Crippen LogP) is 2.14. The smallest absolute Gasteiger partial charge is 0.261 e. The van der Waals surface area contributed by atoms with E-state index in [1.807, 2.05) is 26.1 Å². The molecule has 1 aromatic rings. The molecule has 0 fully saturated rings. The molecule has 0 aliphatic heterocycles. The Morgan fingerprint density at radius 1 is 1.50 bits per heavy atom. The first-order valence-corrected chi connectivity index (χ1v) is 6.72. The maximum absolute atomic E-state index is 11.7. The summed E-state index contributed by atoms with van der Waals surface area (Å²) in [5, 5.41) is 6.16. The average molecular weight is 295 g/mol. The first kappa shape index (κ1) is 16.4. The minimum Gasteiger partial charge on any atom is -0.479 e. The summed E-state index contributed by atoms with van der Waals surface area (Å²) in [7, 11) is 1.88. The van der Waals surface area contributed by atoms with Crippen molar-refractivity contribution in [2.24, 2.45) is 0 Å². The monoisotopic (exact) mass is 294 g/mol. The van der Waals surface area contributed by atoms with Crippen LogP contribution in [0.2, 0.25) is 5.02 Å². The number of nitrogens with one attached hydrogen (secondary N) is 2. The fourth-order valence-electron chi connectivity index (χ4n) is 1.57. The van der Waals surface area contributed by atoms with Crippen LogP contribution in [-0.2, 0) is 4.79 Å². The highest BCUT2D eigenvalue weighted by Crippen LogP contribution is 2.28. The third-order valence-electron chi connectivity index (χ3n) is 2.93. The van der Waals surface area contributed by atoms with Gasteiger partial charge >= 0.3 is 0 Å². The van der Waals surface area contributed by atoms with E-state index in [1.54, 1.807) is 13.0 Å². The van der Waals surface area contributed by atoms with Crippen molar-refractivity contribution < 1.29 is 9.53 Å². The molecule has 0 saturated carbocycles. The van der Waals surface area contributed by atoms with Gasteiger partial charge in [-0.3, -0.25) is 4.79 Å². The Morgan fingerprint density at radius 2 is 2.20 bits per heavy atom. The number of ether oxygens (including phenoxy) is 1. The Labute approximate surface area is 124 Å². The molecule has 20 heavy (non-hydrogen) atoms. The highest BCUT2D eigenvalue weighted by atomic mass is 35.5. The Kier molecular flexibility index (Phi) is 6.37. The number of carbonyl (C=O) groups excluding carboxylic acids is 1. The number of hydrogen-bond acceptors (Lipinski definition) is 3. The number of hydrogen-bond donors (Lipinski definition) is 2. The van der Waals surface area contributed by atoms with Crippen molar-refractivity contribution >= 4 is 17.5 Å². The molecule has 0 bridgehead atoms. The molecule has 2 unspecified atom stereocenters. The minimum absolute atomic E-state index is 0.179. The van der Waals surface area contributed by atoms with Crippen molar-refractivity contribution in [1.29, 1.82) is 0 Å². The van der Waals surface area contributed by atoms with E-state index in [0.717, 1.165) is 5.56 Å². The molecule has 0 saturated heterocycles. The van der Waals surface area contributed by atoms with E-state index in [1.165, 1.54) is 0 Å². The zero-order valence-corrected chi connectivity index (χ0v) is 12.6. The number of carbonyl (C=O) groups is 1. The highest BCUT2D eigenvalue weighted by molar-refractivity contribution is 6.32. The lowest BCUT2D eigenvalue weighted by atomic mass is 10.1. The first-order chi connectivity index (χ1) is 9.49. The molecule has 108 valence electrons. The molecular weight excluding hydrogens is 276 g/mol. The topological polar surface area (TPSA) is 50.4 Å². The molecule has 0 heterocycles. The van der Waals surface area contributed by atoms with E-state index >= 15 is 0 Å². The molecule has 4 nitrogen and oxygen atoms in total. The zero-order valence-electron chi connectivity index (χ0n) is 11.9. The van der Waals surface area contributed by atoms with Crippen LogP contribution < -0.4 is 15.4 Å². The first-order valence-electron chi connectivity index (χ1n) is 6.34. The lowest BCUT2D eigenvalue weighted by Gasteiger charge is -2.17. The standard InChI is InChI=1S/C15H19ClN2O2/c1-5-8-18-15(19)11(3)20-14-7-6-12(9-13(14)16)10(2)17-4/h1,6-7,9-11,17H,8H2,2-4H3,(H,18,19). The van der Waals surface area contributed by atoms with Crippen LogP contribution in [0.15, 0.2) is 18.2 Å². The summed E-state index contributed by atoms with van der Waals surface area (Å²) >= 11 is 6.17. The highest BCUT2D eigenvalue weighted by Gasteiger charge is 2.16. The van der Waals surface area contributed by atoms with Gasteiger partial charge in [-0.1, -0.05) is 23.6 Å². The van der Waals surface area contributed by atoms with Gasteiger partial charge in [0.1, 0.15) is 5.75 Å². The molecule has 0 spiro atoms. The maximum atomic E-state index is 11.7. The van der Waals surface area contributed by atoms with Crippen LogP contribution in [0.3, 0.4) is 0 Å². The molecule has 2 atom stereocenters. The Morgan fingerprint density at radius 3 is 2.75 bits per heavy atom. The van der Waals surface area contributed by atoms with Gasteiger partial charge in [0, 0.05) is 6.04 Å². The minimum atomic E-state index is -0.659. The van der Waals surface area contributed by atoms with E-state index in [9.17, 15) is 4.79 Å². The van der Waals surface area contributed by atoms with Crippen LogP contribution >= 0.6 is 11.6 Å². The number of terminal acetylenes is 1. The molecule has 0 aliphatic rings. The van der Waals surface area contributed by atoms with E-state index in [0.29, 0.717) is 10.8 Å². The van der Waals surface area contributed by atoms with Gasteiger partial charge in [-0.25, -0.2) is 0 Å². The summed E-state index contributed by atoms with van der Waals surface area (Å²) in [6, 6.07) is 5.69. The third kappa shape index (κ3) is 4.44.